The van der Waals surface area contributed by atoms with E-state index in [1.165, 1.54) is 0 Å². The van der Waals surface area contributed by atoms with Gasteiger partial charge in [0, 0.05) is 51.5 Å². The summed E-state index contributed by atoms with van der Waals surface area (Å²) < 4.78 is 44.7. The molecule has 3 fully saturated rings. The lowest BCUT2D eigenvalue weighted by atomic mass is 10.0. The Bertz CT molecular complexity index is 554. The number of rotatable bonds is 3. The third kappa shape index (κ3) is 4.48. The fourth-order valence-electron chi connectivity index (χ4n) is 4.25. The van der Waals surface area contributed by atoms with Crippen molar-refractivity contribution < 1.29 is 27.5 Å². The van der Waals surface area contributed by atoms with Gasteiger partial charge >= 0.3 is 18.1 Å². The molecule has 0 bridgehead atoms. The van der Waals surface area contributed by atoms with Crippen molar-refractivity contribution in [2.75, 3.05) is 46.4 Å². The molecule has 3 aliphatic rings. The Morgan fingerprint density at radius 1 is 1.00 bits per heavy atom. The maximum Gasteiger partial charge on any atom is 0.471 e. The number of carbonyl (C=O) groups is 2. The Kier molecular flexibility index (Phi) is 6.15. The highest BCUT2D eigenvalue weighted by molar-refractivity contribution is 5.83. The van der Waals surface area contributed by atoms with E-state index in [4.69, 9.17) is 4.74 Å². The van der Waals surface area contributed by atoms with E-state index >= 15 is 0 Å². The van der Waals surface area contributed by atoms with Crippen LogP contribution in [0.4, 0.5) is 18.0 Å². The Labute approximate surface area is 156 Å². The quantitative estimate of drug-likeness (QED) is 0.780. The minimum absolute atomic E-state index is 0.151. The third-order valence-electron chi connectivity index (χ3n) is 5.76. The van der Waals surface area contributed by atoms with Gasteiger partial charge in [0.1, 0.15) is 0 Å². The van der Waals surface area contributed by atoms with Gasteiger partial charge in [-0.3, -0.25) is 4.79 Å². The summed E-state index contributed by atoms with van der Waals surface area (Å²) in [7, 11) is 1.85. The molecule has 2 atom stereocenters. The molecule has 2 unspecified atom stereocenters. The number of halogens is 3. The molecule has 0 spiro atoms. The number of alkyl halides is 3. The molecule has 0 radical (unpaired) electrons. The Morgan fingerprint density at radius 2 is 1.63 bits per heavy atom. The number of nitrogens with zero attached hydrogens (tertiary/aromatic N) is 3. The lowest BCUT2D eigenvalue weighted by Crippen LogP contribution is -2.55. The highest BCUT2D eigenvalue weighted by Crippen LogP contribution is 2.29. The minimum Gasteiger partial charge on any atom is -0.381 e. The van der Waals surface area contributed by atoms with Gasteiger partial charge in [0.25, 0.3) is 0 Å². The van der Waals surface area contributed by atoms with Crippen LogP contribution in [0.1, 0.15) is 25.7 Å². The fourth-order valence-corrected chi connectivity index (χ4v) is 4.25. The van der Waals surface area contributed by atoms with Crippen LogP contribution in [-0.4, -0.2) is 97.4 Å². The zero-order valence-corrected chi connectivity index (χ0v) is 15.5. The number of ether oxygens (including phenoxy) is 1. The van der Waals surface area contributed by atoms with Crippen molar-refractivity contribution in [3.8, 4) is 0 Å². The van der Waals surface area contributed by atoms with Crippen LogP contribution in [0.2, 0.25) is 0 Å². The molecule has 1 N–H and O–H groups in total. The second-order valence-electron chi connectivity index (χ2n) is 7.45. The summed E-state index contributed by atoms with van der Waals surface area (Å²) in [5.41, 5.74) is 0. The summed E-state index contributed by atoms with van der Waals surface area (Å²) >= 11 is 0. The molecular weight excluding hydrogens is 365 g/mol. The van der Waals surface area contributed by atoms with Gasteiger partial charge < -0.3 is 24.8 Å². The fraction of sp³-hybridized carbons (Fsp3) is 0.882. The highest BCUT2D eigenvalue weighted by Gasteiger charge is 2.49. The van der Waals surface area contributed by atoms with E-state index in [2.05, 4.69) is 5.32 Å². The first-order chi connectivity index (χ1) is 12.8. The van der Waals surface area contributed by atoms with Gasteiger partial charge in [-0.15, -0.1) is 0 Å². The highest BCUT2D eigenvalue weighted by atomic mass is 19.4. The molecule has 0 aromatic heterocycles. The van der Waals surface area contributed by atoms with Crippen LogP contribution >= 0.6 is 0 Å². The molecule has 3 rings (SSSR count). The van der Waals surface area contributed by atoms with E-state index in [0.29, 0.717) is 52.1 Å². The van der Waals surface area contributed by atoms with Crippen LogP contribution in [-0.2, 0) is 9.53 Å². The van der Waals surface area contributed by atoms with Gasteiger partial charge in [-0.25, -0.2) is 4.79 Å². The monoisotopic (exact) mass is 392 g/mol. The van der Waals surface area contributed by atoms with Crippen LogP contribution in [0.3, 0.4) is 0 Å². The molecule has 154 valence electrons. The normalized spacial score (nSPS) is 27.3. The maximum absolute atomic E-state index is 13.2. The predicted octanol–water partition coefficient (Wildman–Crippen LogP) is 1.04. The van der Waals surface area contributed by atoms with Gasteiger partial charge in [0.2, 0.25) is 0 Å². The predicted molar refractivity (Wildman–Crippen MR) is 91.2 cm³/mol. The van der Waals surface area contributed by atoms with E-state index in [-0.39, 0.29) is 18.6 Å². The first-order valence-electron chi connectivity index (χ1n) is 9.49. The van der Waals surface area contributed by atoms with Crippen LogP contribution in [0.5, 0.6) is 0 Å². The van der Waals surface area contributed by atoms with Gasteiger partial charge in [-0.1, -0.05) is 0 Å². The Balaban J connectivity index is 1.67. The van der Waals surface area contributed by atoms with Crippen molar-refractivity contribution in [3.63, 3.8) is 0 Å². The zero-order valence-electron chi connectivity index (χ0n) is 15.5. The summed E-state index contributed by atoms with van der Waals surface area (Å²) in [5, 5.41) is 3.14. The largest absolute Gasteiger partial charge is 0.471 e. The molecule has 27 heavy (non-hydrogen) atoms. The Morgan fingerprint density at radius 3 is 2.22 bits per heavy atom. The molecule has 3 heterocycles. The number of likely N-dealkylation sites (tertiary alicyclic amines) is 2. The van der Waals surface area contributed by atoms with Crippen molar-refractivity contribution in [3.05, 3.63) is 0 Å². The number of amides is 3. The molecule has 10 heteroatoms. The number of likely N-dealkylation sites (N-methyl/N-ethyl adjacent to an activating group) is 1. The first-order valence-corrected chi connectivity index (χ1v) is 9.49. The lowest BCUT2D eigenvalue weighted by molar-refractivity contribution is -0.192. The van der Waals surface area contributed by atoms with Crippen molar-refractivity contribution in [2.45, 2.75) is 50.0 Å². The molecule has 3 saturated heterocycles. The smallest absolute Gasteiger partial charge is 0.381 e. The number of hydrogen-bond acceptors (Lipinski definition) is 4. The molecular formula is C17H27F3N4O3. The maximum atomic E-state index is 13.2. The molecule has 0 saturated carbocycles. The number of carbonyl (C=O) groups excluding carboxylic acids is 2. The summed E-state index contributed by atoms with van der Waals surface area (Å²) in [4.78, 5) is 29.1. The molecule has 7 nitrogen and oxygen atoms in total. The topological polar surface area (TPSA) is 65.1 Å². The van der Waals surface area contributed by atoms with Gasteiger partial charge in [-0.2, -0.15) is 13.2 Å². The third-order valence-corrected chi connectivity index (χ3v) is 5.76. The van der Waals surface area contributed by atoms with Gasteiger partial charge in [-0.05, 0) is 32.7 Å². The standard InChI is InChI=1S/C17H27F3N4O3/c1-21-12-2-6-22(10-12)16(26)23-7-3-14(11-23)24(15(25)17(18,19)20)13-4-8-27-9-5-13/h12-14,21H,2-11H2,1H3. The van der Waals surface area contributed by atoms with Crippen molar-refractivity contribution >= 4 is 11.9 Å². The molecule has 0 aromatic rings. The molecule has 0 aromatic carbocycles. The van der Waals surface area contributed by atoms with Crippen LogP contribution < -0.4 is 5.32 Å². The lowest BCUT2D eigenvalue weighted by Gasteiger charge is -2.38. The number of hydrogen-bond donors (Lipinski definition) is 1. The van der Waals surface area contributed by atoms with Crippen molar-refractivity contribution in [1.29, 1.82) is 0 Å². The molecule has 0 aliphatic carbocycles. The molecule has 3 aliphatic heterocycles. The van der Waals surface area contributed by atoms with E-state index < -0.39 is 24.2 Å². The summed E-state index contributed by atoms with van der Waals surface area (Å²) in [5.74, 6) is -1.80. The van der Waals surface area contributed by atoms with E-state index in [1.54, 1.807) is 9.80 Å². The van der Waals surface area contributed by atoms with E-state index in [9.17, 15) is 22.8 Å². The minimum atomic E-state index is -4.91. The van der Waals surface area contributed by atoms with E-state index in [1.807, 2.05) is 7.05 Å². The summed E-state index contributed by atoms with van der Waals surface area (Å²) in [6.07, 6.45) is -2.90. The average Bonchev–Trinajstić information content (AvgIpc) is 3.31. The second-order valence-corrected chi connectivity index (χ2v) is 7.45. The zero-order chi connectivity index (χ0) is 19.6. The van der Waals surface area contributed by atoms with E-state index in [0.717, 1.165) is 11.3 Å². The average molecular weight is 392 g/mol. The summed E-state index contributed by atoms with van der Waals surface area (Å²) in [6.45, 7) is 2.45. The van der Waals surface area contributed by atoms with Crippen molar-refractivity contribution in [2.24, 2.45) is 0 Å². The van der Waals surface area contributed by atoms with Crippen LogP contribution in [0.15, 0.2) is 0 Å². The Hall–Kier alpha value is -1.55. The SMILES string of the molecule is CNC1CCN(C(=O)N2CCC(N(C(=O)C(F)(F)F)C3CCOCC3)C2)C1. The van der Waals surface area contributed by atoms with Crippen LogP contribution in [0, 0.1) is 0 Å². The summed E-state index contributed by atoms with van der Waals surface area (Å²) in [6, 6.07) is -0.998. The molecule has 3 amide bonds. The van der Waals surface area contributed by atoms with Crippen molar-refractivity contribution in [1.82, 2.24) is 20.0 Å². The number of urea groups is 1. The second kappa shape index (κ2) is 8.22. The van der Waals surface area contributed by atoms with Crippen LogP contribution in [0.25, 0.3) is 0 Å². The van der Waals surface area contributed by atoms with Gasteiger partial charge in [0.05, 0.1) is 6.04 Å². The number of nitrogens with one attached hydrogen (secondary N) is 1. The first kappa shape index (κ1) is 20.2. The van der Waals surface area contributed by atoms with Gasteiger partial charge in [0.15, 0.2) is 0 Å².